The van der Waals surface area contributed by atoms with Crippen molar-refractivity contribution in [1.82, 2.24) is 10.2 Å². The quantitative estimate of drug-likeness (QED) is 0.403. The molecule has 0 radical (unpaired) electrons. The molecule has 0 saturated carbocycles. The number of carbonyl (C=O) groups is 1. The normalized spacial score (nSPS) is 11.2. The van der Waals surface area contributed by atoms with Gasteiger partial charge in [0.2, 0.25) is 0 Å². The highest BCUT2D eigenvalue weighted by molar-refractivity contribution is 6.06. The van der Waals surface area contributed by atoms with Gasteiger partial charge in [-0.3, -0.25) is 4.79 Å². The Balaban J connectivity index is 1.82. The number of nitrogens with one attached hydrogen (secondary N) is 1. The first-order chi connectivity index (χ1) is 12.6. The summed E-state index contributed by atoms with van der Waals surface area (Å²) in [6.07, 6.45) is 4.55. The molecule has 0 unspecified atom stereocenters. The maximum atomic E-state index is 12.3. The summed E-state index contributed by atoms with van der Waals surface area (Å²) in [4.78, 5) is 14.5. The topological polar surface area (TPSA) is 41.6 Å². The first-order valence-corrected chi connectivity index (χ1v) is 8.89. The monoisotopic (exact) mass is 352 g/mol. The van der Waals surface area contributed by atoms with Crippen LogP contribution in [0.15, 0.2) is 54.6 Å². The van der Waals surface area contributed by atoms with Crippen molar-refractivity contribution in [3.8, 4) is 5.75 Å². The lowest BCUT2D eigenvalue weighted by molar-refractivity contribution is 0.104. The number of rotatable bonds is 10. The van der Waals surface area contributed by atoms with Gasteiger partial charge in [0, 0.05) is 12.1 Å². The van der Waals surface area contributed by atoms with Gasteiger partial charge in [-0.05, 0) is 62.9 Å². The zero-order valence-electron chi connectivity index (χ0n) is 15.9. The predicted molar refractivity (Wildman–Crippen MR) is 108 cm³/mol. The average Bonchev–Trinajstić information content (AvgIpc) is 2.66. The molecule has 0 heterocycles. The van der Waals surface area contributed by atoms with Crippen LogP contribution in [0.5, 0.6) is 5.75 Å². The standard InChI is InChI=1S/C22H28N2O2/c1-24(2)16-4-15-23-17-19-5-10-20(11-6-19)22(25)14-9-18-7-12-21(26-3)13-8-18/h5-14,23H,4,15-17H2,1-3H3/b14-9+. The molecule has 138 valence electrons. The molecule has 26 heavy (non-hydrogen) atoms. The minimum atomic E-state index is 0.00584. The Labute approximate surface area is 156 Å². The first-order valence-electron chi connectivity index (χ1n) is 8.89. The number of benzene rings is 2. The van der Waals surface area contributed by atoms with E-state index in [9.17, 15) is 4.79 Å². The Hall–Kier alpha value is -2.43. The molecule has 4 heteroatoms. The Morgan fingerprint density at radius 1 is 1.08 bits per heavy atom. The molecule has 1 N–H and O–H groups in total. The highest BCUT2D eigenvalue weighted by atomic mass is 16.5. The summed E-state index contributed by atoms with van der Waals surface area (Å²) in [6.45, 7) is 2.90. The fourth-order valence-electron chi connectivity index (χ4n) is 2.52. The van der Waals surface area contributed by atoms with E-state index >= 15 is 0 Å². The second-order valence-electron chi connectivity index (χ2n) is 6.50. The van der Waals surface area contributed by atoms with Gasteiger partial charge in [0.25, 0.3) is 0 Å². The van der Waals surface area contributed by atoms with Crippen LogP contribution in [-0.2, 0) is 6.54 Å². The van der Waals surface area contributed by atoms with E-state index in [0.29, 0.717) is 5.56 Å². The summed E-state index contributed by atoms with van der Waals surface area (Å²) < 4.78 is 5.13. The fraction of sp³-hybridized carbons (Fsp3) is 0.318. The van der Waals surface area contributed by atoms with E-state index in [1.807, 2.05) is 54.6 Å². The van der Waals surface area contributed by atoms with Crippen LogP contribution in [-0.4, -0.2) is 45.0 Å². The molecular weight excluding hydrogens is 324 g/mol. The number of ketones is 1. The number of carbonyl (C=O) groups excluding carboxylic acids is 1. The molecule has 0 aliphatic heterocycles. The van der Waals surface area contributed by atoms with Gasteiger partial charge < -0.3 is 15.0 Å². The molecule has 2 rings (SSSR count). The van der Waals surface area contributed by atoms with Crippen molar-refractivity contribution in [2.24, 2.45) is 0 Å². The Bertz CT molecular complexity index is 704. The van der Waals surface area contributed by atoms with E-state index in [4.69, 9.17) is 4.74 Å². The second kappa shape index (κ2) is 10.5. The van der Waals surface area contributed by atoms with Gasteiger partial charge in [-0.1, -0.05) is 42.5 Å². The smallest absolute Gasteiger partial charge is 0.185 e. The van der Waals surface area contributed by atoms with E-state index in [-0.39, 0.29) is 5.78 Å². The third kappa shape index (κ3) is 6.82. The summed E-state index contributed by atoms with van der Waals surface area (Å²) in [5.41, 5.74) is 2.86. The zero-order chi connectivity index (χ0) is 18.8. The van der Waals surface area contributed by atoms with Crippen LogP contribution in [0.25, 0.3) is 6.08 Å². The molecule has 0 aliphatic carbocycles. The summed E-state index contributed by atoms with van der Waals surface area (Å²) >= 11 is 0. The fourth-order valence-corrected chi connectivity index (χ4v) is 2.52. The highest BCUT2D eigenvalue weighted by Crippen LogP contribution is 2.13. The van der Waals surface area contributed by atoms with Crippen molar-refractivity contribution in [1.29, 1.82) is 0 Å². The minimum absolute atomic E-state index is 0.00584. The second-order valence-corrected chi connectivity index (χ2v) is 6.50. The molecule has 0 spiro atoms. The predicted octanol–water partition coefficient (Wildman–Crippen LogP) is 3.63. The molecule has 0 saturated heterocycles. The van der Waals surface area contributed by atoms with Crippen LogP contribution in [0.4, 0.5) is 0 Å². The number of hydrogen-bond acceptors (Lipinski definition) is 4. The van der Waals surface area contributed by atoms with Gasteiger partial charge in [-0.15, -0.1) is 0 Å². The van der Waals surface area contributed by atoms with E-state index in [1.165, 1.54) is 5.56 Å². The Kier molecular flexibility index (Phi) is 8.06. The number of ether oxygens (including phenoxy) is 1. The van der Waals surface area contributed by atoms with Gasteiger partial charge in [-0.2, -0.15) is 0 Å². The third-order valence-electron chi connectivity index (χ3n) is 4.07. The van der Waals surface area contributed by atoms with Crippen LogP contribution in [0.2, 0.25) is 0 Å². The summed E-state index contributed by atoms with van der Waals surface area (Å²) in [6, 6.07) is 15.4. The zero-order valence-corrected chi connectivity index (χ0v) is 15.9. The van der Waals surface area contributed by atoms with Crippen LogP contribution in [0.1, 0.15) is 27.9 Å². The number of hydrogen-bond donors (Lipinski definition) is 1. The number of methoxy groups -OCH3 is 1. The number of allylic oxidation sites excluding steroid dienone is 1. The SMILES string of the molecule is COc1ccc(/C=C/C(=O)c2ccc(CNCCCN(C)C)cc2)cc1. The van der Waals surface area contributed by atoms with E-state index in [2.05, 4.69) is 24.3 Å². The van der Waals surface area contributed by atoms with Crippen LogP contribution in [0.3, 0.4) is 0 Å². The largest absolute Gasteiger partial charge is 0.497 e. The minimum Gasteiger partial charge on any atom is -0.497 e. The van der Waals surface area contributed by atoms with Crippen LogP contribution in [0, 0.1) is 0 Å². The van der Waals surface area contributed by atoms with Crippen molar-refractivity contribution < 1.29 is 9.53 Å². The van der Waals surface area contributed by atoms with Gasteiger partial charge in [0.1, 0.15) is 5.75 Å². The van der Waals surface area contributed by atoms with Crippen molar-refractivity contribution in [2.75, 3.05) is 34.3 Å². The lowest BCUT2D eigenvalue weighted by atomic mass is 10.1. The molecular formula is C22H28N2O2. The van der Waals surface area contributed by atoms with E-state index in [0.717, 1.165) is 37.4 Å². The summed E-state index contributed by atoms with van der Waals surface area (Å²) in [5.74, 6) is 0.811. The van der Waals surface area contributed by atoms with Crippen molar-refractivity contribution in [2.45, 2.75) is 13.0 Å². The Morgan fingerprint density at radius 3 is 2.38 bits per heavy atom. The lowest BCUT2D eigenvalue weighted by Crippen LogP contribution is -2.21. The average molecular weight is 352 g/mol. The van der Waals surface area contributed by atoms with Gasteiger partial charge in [-0.25, -0.2) is 0 Å². The first kappa shape index (κ1) is 19.9. The maximum Gasteiger partial charge on any atom is 0.185 e. The van der Waals surface area contributed by atoms with Gasteiger partial charge in [0.05, 0.1) is 7.11 Å². The number of nitrogens with zero attached hydrogens (tertiary/aromatic N) is 1. The van der Waals surface area contributed by atoms with Gasteiger partial charge in [0.15, 0.2) is 5.78 Å². The molecule has 0 atom stereocenters. The third-order valence-corrected chi connectivity index (χ3v) is 4.07. The van der Waals surface area contributed by atoms with E-state index < -0.39 is 0 Å². The summed E-state index contributed by atoms with van der Waals surface area (Å²) in [7, 11) is 5.80. The van der Waals surface area contributed by atoms with Crippen LogP contribution < -0.4 is 10.1 Å². The Morgan fingerprint density at radius 2 is 1.77 bits per heavy atom. The van der Waals surface area contributed by atoms with E-state index in [1.54, 1.807) is 13.2 Å². The molecule has 0 aliphatic rings. The van der Waals surface area contributed by atoms with Gasteiger partial charge >= 0.3 is 0 Å². The van der Waals surface area contributed by atoms with Crippen molar-refractivity contribution in [3.63, 3.8) is 0 Å². The molecule has 2 aromatic carbocycles. The lowest BCUT2D eigenvalue weighted by Gasteiger charge is -2.10. The molecule has 0 fully saturated rings. The maximum absolute atomic E-state index is 12.3. The molecule has 0 amide bonds. The van der Waals surface area contributed by atoms with Crippen molar-refractivity contribution in [3.05, 3.63) is 71.3 Å². The molecule has 4 nitrogen and oxygen atoms in total. The molecule has 2 aromatic rings. The van der Waals surface area contributed by atoms with Crippen LogP contribution >= 0.6 is 0 Å². The van der Waals surface area contributed by atoms with Crippen molar-refractivity contribution >= 4 is 11.9 Å². The molecule has 0 bridgehead atoms. The molecule has 0 aromatic heterocycles. The highest BCUT2D eigenvalue weighted by Gasteiger charge is 2.02. The summed E-state index contributed by atoms with van der Waals surface area (Å²) in [5, 5.41) is 3.43.